The Bertz CT molecular complexity index is 706. The molecule has 1 aromatic heterocycles. The van der Waals surface area contributed by atoms with Crippen molar-refractivity contribution in [2.24, 2.45) is 0 Å². The van der Waals surface area contributed by atoms with Crippen LogP contribution in [0.3, 0.4) is 0 Å². The topological polar surface area (TPSA) is 111 Å². The van der Waals surface area contributed by atoms with Crippen molar-refractivity contribution in [3.8, 4) is 0 Å². The van der Waals surface area contributed by atoms with Crippen LogP contribution in [0.4, 0.5) is 4.79 Å². The summed E-state index contributed by atoms with van der Waals surface area (Å²) in [4.78, 5) is 28.5. The number of rotatable bonds is 11. The first-order valence-electron chi connectivity index (χ1n) is 11.3. The molecule has 0 saturated carbocycles. The fourth-order valence-corrected chi connectivity index (χ4v) is 3.25. The van der Waals surface area contributed by atoms with Crippen LogP contribution in [0, 0.1) is 0 Å². The number of nitrogens with one attached hydrogen (secondary N) is 1. The molecule has 0 aromatic carbocycles. The Morgan fingerprint density at radius 1 is 1.12 bits per heavy atom. The van der Waals surface area contributed by atoms with Crippen molar-refractivity contribution >= 4 is 12.0 Å². The van der Waals surface area contributed by atoms with Crippen molar-refractivity contribution in [2.45, 2.75) is 59.5 Å². The van der Waals surface area contributed by atoms with E-state index in [1.165, 1.54) is 0 Å². The van der Waals surface area contributed by atoms with Crippen LogP contribution < -0.4 is 5.32 Å². The van der Waals surface area contributed by atoms with Crippen molar-refractivity contribution < 1.29 is 23.8 Å². The first-order chi connectivity index (χ1) is 15.2. The van der Waals surface area contributed by atoms with Gasteiger partial charge in [-0.1, -0.05) is 5.21 Å². The monoisotopic (exact) mass is 454 g/mol. The third-order valence-corrected chi connectivity index (χ3v) is 4.77. The average molecular weight is 455 g/mol. The van der Waals surface area contributed by atoms with E-state index in [9.17, 15) is 9.59 Å². The third kappa shape index (κ3) is 9.09. The minimum absolute atomic E-state index is 0.254. The summed E-state index contributed by atoms with van der Waals surface area (Å²) < 4.78 is 17.9. The summed E-state index contributed by atoms with van der Waals surface area (Å²) in [5.74, 6) is -0.254. The van der Waals surface area contributed by atoms with E-state index in [-0.39, 0.29) is 17.7 Å². The molecule has 32 heavy (non-hydrogen) atoms. The van der Waals surface area contributed by atoms with E-state index in [0.29, 0.717) is 39.4 Å². The van der Waals surface area contributed by atoms with Gasteiger partial charge in [-0.3, -0.25) is 9.69 Å². The van der Waals surface area contributed by atoms with Gasteiger partial charge in [-0.25, -0.2) is 9.48 Å². The molecule has 0 spiro atoms. The minimum atomic E-state index is -0.480. The number of carbonyl (C=O) groups excluding carboxylic acids is 2. The van der Waals surface area contributed by atoms with Crippen LogP contribution in [0.1, 0.15) is 51.5 Å². The summed E-state index contributed by atoms with van der Waals surface area (Å²) in [5, 5.41) is 10.8. The van der Waals surface area contributed by atoms with Crippen LogP contribution in [0.2, 0.25) is 0 Å². The third-order valence-electron chi connectivity index (χ3n) is 4.77. The van der Waals surface area contributed by atoms with Crippen LogP contribution in [0.15, 0.2) is 6.20 Å². The second-order valence-corrected chi connectivity index (χ2v) is 8.58. The number of carbonyl (C=O) groups is 2. The summed E-state index contributed by atoms with van der Waals surface area (Å²) >= 11 is 0. The molecular weight excluding hydrogens is 416 g/mol. The number of ether oxygens (including phenoxy) is 3. The molecule has 1 aliphatic heterocycles. The zero-order valence-corrected chi connectivity index (χ0v) is 20.0. The number of hydrogen-bond acceptors (Lipinski definition) is 8. The number of amides is 2. The second kappa shape index (κ2) is 12.7. The fraction of sp³-hybridized carbons (Fsp3) is 0.810. The van der Waals surface area contributed by atoms with E-state index >= 15 is 0 Å². The smallest absolute Gasteiger partial charge is 0.410 e. The molecule has 2 heterocycles. The Labute approximate surface area is 190 Å². The van der Waals surface area contributed by atoms with E-state index in [2.05, 4.69) is 20.5 Å². The van der Waals surface area contributed by atoms with Crippen LogP contribution >= 0.6 is 0 Å². The van der Waals surface area contributed by atoms with Crippen molar-refractivity contribution in [2.75, 3.05) is 52.5 Å². The van der Waals surface area contributed by atoms with E-state index in [1.54, 1.807) is 15.8 Å². The van der Waals surface area contributed by atoms with Gasteiger partial charge in [0.1, 0.15) is 5.60 Å². The lowest BCUT2D eigenvalue weighted by Gasteiger charge is -2.35. The normalized spacial score (nSPS) is 15.2. The van der Waals surface area contributed by atoms with E-state index in [0.717, 1.165) is 26.1 Å². The van der Waals surface area contributed by atoms with Crippen LogP contribution in [0.25, 0.3) is 0 Å². The van der Waals surface area contributed by atoms with Gasteiger partial charge in [0.2, 0.25) is 0 Å². The van der Waals surface area contributed by atoms with Crippen molar-refractivity contribution in [3.63, 3.8) is 0 Å². The maximum absolute atomic E-state index is 12.3. The quantitative estimate of drug-likeness (QED) is 0.394. The lowest BCUT2D eigenvalue weighted by Crippen LogP contribution is -2.50. The highest BCUT2D eigenvalue weighted by Crippen LogP contribution is 2.12. The molecule has 1 aliphatic rings. The van der Waals surface area contributed by atoms with Gasteiger partial charge in [-0.15, -0.1) is 5.10 Å². The zero-order valence-electron chi connectivity index (χ0n) is 20.0. The molecule has 0 aliphatic carbocycles. The average Bonchev–Trinajstić information content (AvgIpc) is 3.19. The molecule has 0 atom stereocenters. The summed E-state index contributed by atoms with van der Waals surface area (Å²) in [6, 6.07) is 0. The number of nitrogens with zero attached hydrogens (tertiary/aromatic N) is 5. The number of hydrogen-bond donors (Lipinski definition) is 1. The molecule has 0 bridgehead atoms. The summed E-state index contributed by atoms with van der Waals surface area (Å²) in [7, 11) is 0. The van der Waals surface area contributed by atoms with Crippen molar-refractivity contribution in [3.05, 3.63) is 11.9 Å². The van der Waals surface area contributed by atoms with Gasteiger partial charge < -0.3 is 24.4 Å². The Kier molecular flexibility index (Phi) is 10.3. The molecule has 182 valence electrons. The summed E-state index contributed by atoms with van der Waals surface area (Å²) in [5.41, 5.74) is -0.214. The predicted molar refractivity (Wildman–Crippen MR) is 118 cm³/mol. The number of piperazine rings is 1. The maximum atomic E-state index is 12.3. The van der Waals surface area contributed by atoms with Gasteiger partial charge in [0, 0.05) is 45.9 Å². The van der Waals surface area contributed by atoms with Crippen LogP contribution in [-0.2, 0) is 20.8 Å². The highest BCUT2D eigenvalue weighted by atomic mass is 16.7. The van der Waals surface area contributed by atoms with Gasteiger partial charge >= 0.3 is 6.09 Å². The molecule has 0 unspecified atom stereocenters. The van der Waals surface area contributed by atoms with E-state index in [1.807, 2.05) is 34.6 Å². The molecular formula is C21H38N6O5. The Balaban J connectivity index is 1.65. The first kappa shape index (κ1) is 26.0. The van der Waals surface area contributed by atoms with Gasteiger partial charge in [-0.05, 0) is 47.6 Å². The zero-order chi connectivity index (χ0) is 23.6. The van der Waals surface area contributed by atoms with E-state index in [4.69, 9.17) is 14.2 Å². The highest BCUT2D eigenvalue weighted by Gasteiger charge is 2.25. The highest BCUT2D eigenvalue weighted by molar-refractivity contribution is 5.91. The van der Waals surface area contributed by atoms with Gasteiger partial charge in [0.15, 0.2) is 12.0 Å². The Morgan fingerprint density at radius 3 is 2.38 bits per heavy atom. The fourth-order valence-electron chi connectivity index (χ4n) is 3.25. The molecule has 11 nitrogen and oxygen atoms in total. The summed E-state index contributed by atoms with van der Waals surface area (Å²) in [6.45, 7) is 15.1. The first-order valence-corrected chi connectivity index (χ1v) is 11.3. The molecule has 1 N–H and O–H groups in total. The van der Waals surface area contributed by atoms with Crippen LogP contribution in [0.5, 0.6) is 0 Å². The predicted octanol–water partition coefficient (Wildman–Crippen LogP) is 1.35. The van der Waals surface area contributed by atoms with Crippen molar-refractivity contribution in [1.29, 1.82) is 0 Å². The Hall–Kier alpha value is -2.24. The Morgan fingerprint density at radius 2 is 1.78 bits per heavy atom. The van der Waals surface area contributed by atoms with Crippen molar-refractivity contribution in [1.82, 2.24) is 30.1 Å². The lowest BCUT2D eigenvalue weighted by atomic mass is 10.2. The maximum Gasteiger partial charge on any atom is 0.410 e. The van der Waals surface area contributed by atoms with Crippen LogP contribution in [-0.4, -0.2) is 101 Å². The SMILES string of the molecule is CCOC(Cn1cc(C(=O)NCCCN2CCN(C(=O)OC(C)(C)C)CC2)nn1)OCC. The largest absolute Gasteiger partial charge is 0.444 e. The molecule has 2 amide bonds. The van der Waals surface area contributed by atoms with Gasteiger partial charge in [0.05, 0.1) is 12.7 Å². The van der Waals surface area contributed by atoms with Gasteiger partial charge in [0.25, 0.3) is 5.91 Å². The molecule has 11 heteroatoms. The van der Waals surface area contributed by atoms with E-state index < -0.39 is 11.9 Å². The summed E-state index contributed by atoms with van der Waals surface area (Å²) in [6.07, 6.45) is 1.73. The molecule has 1 fully saturated rings. The standard InChI is InChI=1S/C21H38N6O5/c1-6-30-18(31-7-2)16-27-15-17(23-24-27)19(28)22-9-8-10-25-11-13-26(14-12-25)20(29)32-21(3,4)5/h15,18H,6-14,16H2,1-5H3,(H,22,28). The number of aromatic nitrogens is 3. The molecule has 2 rings (SSSR count). The molecule has 1 aromatic rings. The molecule has 0 radical (unpaired) electrons. The lowest BCUT2D eigenvalue weighted by molar-refractivity contribution is -0.145. The minimum Gasteiger partial charge on any atom is -0.444 e. The van der Waals surface area contributed by atoms with Gasteiger partial charge in [-0.2, -0.15) is 0 Å². The molecule has 1 saturated heterocycles. The second-order valence-electron chi connectivity index (χ2n) is 8.58.